The monoisotopic (exact) mass is 413 g/mol. The van der Waals surface area contributed by atoms with Crippen LogP contribution < -0.4 is 0 Å². The Balaban J connectivity index is 0.00000168. The van der Waals surface area contributed by atoms with E-state index in [1.54, 1.807) is 0 Å². The third-order valence-corrected chi connectivity index (χ3v) is 7.16. The number of likely N-dealkylation sites (tertiary alicyclic amines) is 1. The molecule has 26 heavy (non-hydrogen) atoms. The van der Waals surface area contributed by atoms with Crippen LogP contribution in [-0.2, 0) is 18.4 Å². The normalized spacial score (nSPS) is 30.0. The summed E-state index contributed by atoms with van der Waals surface area (Å²) in [5.41, 5.74) is 4.72. The number of rotatable bonds is 2. The van der Waals surface area contributed by atoms with Crippen LogP contribution in [-0.4, -0.2) is 22.6 Å². The van der Waals surface area contributed by atoms with Crippen molar-refractivity contribution in [2.75, 3.05) is 6.54 Å². The standard InChI is InChI=1S/C23H27NO.BrH/c25-19-10-9-18-14-22-20-8-4-5-11-23(20,21(18)15-19)12-13-24(22)16-17-6-2-1-3-7-17;/h1-3,6-7,9-10,15,20,22,25H,4-5,8,11-14,16H2;1H/t20-,22-,23-;/m0./s1. The molecule has 138 valence electrons. The molecule has 1 heterocycles. The van der Waals surface area contributed by atoms with Gasteiger partial charge in [0.15, 0.2) is 0 Å². The third-order valence-electron chi connectivity index (χ3n) is 7.16. The second kappa shape index (κ2) is 7.01. The van der Waals surface area contributed by atoms with E-state index in [-0.39, 0.29) is 17.0 Å². The van der Waals surface area contributed by atoms with Crippen LogP contribution in [0, 0.1) is 5.92 Å². The molecule has 1 saturated heterocycles. The molecule has 3 heteroatoms. The molecule has 3 aliphatic rings. The van der Waals surface area contributed by atoms with E-state index in [2.05, 4.69) is 47.4 Å². The van der Waals surface area contributed by atoms with E-state index in [1.807, 2.05) is 6.07 Å². The molecule has 2 bridgehead atoms. The zero-order valence-corrected chi connectivity index (χ0v) is 16.9. The number of hydrogen-bond acceptors (Lipinski definition) is 2. The molecule has 0 unspecified atom stereocenters. The highest BCUT2D eigenvalue weighted by Crippen LogP contribution is 2.56. The van der Waals surface area contributed by atoms with Crippen molar-refractivity contribution in [3.8, 4) is 5.75 Å². The van der Waals surface area contributed by atoms with Crippen molar-refractivity contribution >= 4 is 17.0 Å². The van der Waals surface area contributed by atoms with Crippen LogP contribution in [0.1, 0.15) is 48.8 Å². The summed E-state index contributed by atoms with van der Waals surface area (Å²) in [6, 6.07) is 17.8. The fourth-order valence-corrected chi connectivity index (χ4v) is 6.09. The Kier molecular flexibility index (Phi) is 4.87. The van der Waals surface area contributed by atoms with Gasteiger partial charge in [0.2, 0.25) is 0 Å². The quantitative estimate of drug-likeness (QED) is 0.728. The van der Waals surface area contributed by atoms with Gasteiger partial charge in [-0.3, -0.25) is 4.90 Å². The predicted octanol–water partition coefficient (Wildman–Crippen LogP) is 5.23. The van der Waals surface area contributed by atoms with E-state index in [1.165, 1.54) is 55.3 Å². The first-order valence-corrected chi connectivity index (χ1v) is 9.87. The number of benzene rings is 2. The van der Waals surface area contributed by atoms with Crippen molar-refractivity contribution in [3.63, 3.8) is 0 Å². The minimum Gasteiger partial charge on any atom is -0.508 e. The summed E-state index contributed by atoms with van der Waals surface area (Å²) in [5.74, 6) is 1.20. The number of halogens is 1. The smallest absolute Gasteiger partial charge is 0.115 e. The van der Waals surface area contributed by atoms with Gasteiger partial charge in [-0.05, 0) is 67.0 Å². The van der Waals surface area contributed by atoms with Gasteiger partial charge in [-0.1, -0.05) is 49.2 Å². The van der Waals surface area contributed by atoms with E-state index < -0.39 is 0 Å². The number of nitrogens with zero attached hydrogens (tertiary/aromatic N) is 1. The molecule has 2 aliphatic carbocycles. The number of aromatic hydroxyl groups is 1. The second-order valence-corrected chi connectivity index (χ2v) is 8.33. The molecule has 0 spiro atoms. The maximum Gasteiger partial charge on any atom is 0.115 e. The van der Waals surface area contributed by atoms with Gasteiger partial charge in [-0.15, -0.1) is 17.0 Å². The lowest BCUT2D eigenvalue weighted by molar-refractivity contribution is -0.0157. The topological polar surface area (TPSA) is 23.5 Å². The van der Waals surface area contributed by atoms with Crippen LogP contribution >= 0.6 is 17.0 Å². The first-order chi connectivity index (χ1) is 12.3. The van der Waals surface area contributed by atoms with Crippen molar-refractivity contribution in [1.82, 2.24) is 4.90 Å². The highest BCUT2D eigenvalue weighted by Gasteiger charge is 2.53. The Morgan fingerprint density at radius 3 is 2.73 bits per heavy atom. The van der Waals surface area contributed by atoms with E-state index in [9.17, 15) is 5.11 Å². The number of fused-ring (bicyclic) bond motifs is 1. The van der Waals surface area contributed by atoms with Crippen molar-refractivity contribution in [2.45, 2.75) is 56.5 Å². The van der Waals surface area contributed by atoms with Crippen LogP contribution in [0.4, 0.5) is 0 Å². The summed E-state index contributed by atoms with van der Waals surface area (Å²) in [5, 5.41) is 10.1. The summed E-state index contributed by atoms with van der Waals surface area (Å²) in [7, 11) is 0. The fourth-order valence-electron chi connectivity index (χ4n) is 6.09. The molecule has 2 nitrogen and oxygen atoms in total. The number of phenolic OH excluding ortho intramolecular Hbond substituents is 1. The highest BCUT2D eigenvalue weighted by atomic mass is 79.9. The zero-order valence-electron chi connectivity index (χ0n) is 15.2. The van der Waals surface area contributed by atoms with Crippen LogP contribution in [0.2, 0.25) is 0 Å². The molecule has 2 fully saturated rings. The number of hydrogen-bond donors (Lipinski definition) is 1. The Morgan fingerprint density at radius 1 is 1.04 bits per heavy atom. The van der Waals surface area contributed by atoms with Crippen LogP contribution in [0.5, 0.6) is 5.75 Å². The molecule has 0 radical (unpaired) electrons. The van der Waals surface area contributed by atoms with Gasteiger partial charge in [0, 0.05) is 18.0 Å². The maximum atomic E-state index is 10.1. The Morgan fingerprint density at radius 2 is 1.88 bits per heavy atom. The lowest BCUT2D eigenvalue weighted by Gasteiger charge is -2.59. The average Bonchev–Trinajstić information content (AvgIpc) is 2.65. The van der Waals surface area contributed by atoms with Crippen molar-refractivity contribution in [1.29, 1.82) is 0 Å². The van der Waals surface area contributed by atoms with Gasteiger partial charge < -0.3 is 5.11 Å². The third kappa shape index (κ3) is 2.80. The van der Waals surface area contributed by atoms with Crippen LogP contribution in [0.3, 0.4) is 0 Å². The molecule has 2 aromatic rings. The van der Waals surface area contributed by atoms with Crippen molar-refractivity contribution in [3.05, 3.63) is 65.2 Å². The van der Waals surface area contributed by atoms with Crippen molar-refractivity contribution < 1.29 is 5.11 Å². The summed E-state index contributed by atoms with van der Waals surface area (Å²) < 4.78 is 0. The zero-order chi connectivity index (χ0) is 16.9. The number of phenols is 1. The largest absolute Gasteiger partial charge is 0.508 e. The number of piperidine rings is 1. The van der Waals surface area contributed by atoms with Gasteiger partial charge >= 0.3 is 0 Å². The van der Waals surface area contributed by atoms with Gasteiger partial charge in [0.25, 0.3) is 0 Å². The van der Waals surface area contributed by atoms with E-state index in [0.29, 0.717) is 17.2 Å². The minimum absolute atomic E-state index is 0. The molecular weight excluding hydrogens is 386 g/mol. The first kappa shape index (κ1) is 18.1. The maximum absolute atomic E-state index is 10.1. The fraction of sp³-hybridized carbons (Fsp3) is 0.478. The molecule has 2 aromatic carbocycles. The SMILES string of the molecule is Br.Oc1ccc2c(c1)[C@]13CCCC[C@H]1[C@H](C2)N(Cc1ccccc1)CC3. The van der Waals surface area contributed by atoms with Gasteiger partial charge in [-0.2, -0.15) is 0 Å². The van der Waals surface area contributed by atoms with Gasteiger partial charge in [0.1, 0.15) is 5.75 Å². The lowest BCUT2D eigenvalue weighted by atomic mass is 9.52. The molecular formula is C23H28BrNO. The van der Waals surface area contributed by atoms with Gasteiger partial charge in [0.05, 0.1) is 0 Å². The summed E-state index contributed by atoms with van der Waals surface area (Å²) in [6.45, 7) is 2.26. The van der Waals surface area contributed by atoms with Gasteiger partial charge in [-0.25, -0.2) is 0 Å². The molecule has 0 aromatic heterocycles. The lowest BCUT2D eigenvalue weighted by Crippen LogP contribution is -2.60. The second-order valence-electron chi connectivity index (χ2n) is 8.33. The highest BCUT2D eigenvalue weighted by molar-refractivity contribution is 8.93. The Bertz CT molecular complexity index is 777. The van der Waals surface area contributed by atoms with Crippen LogP contribution in [0.15, 0.2) is 48.5 Å². The molecule has 1 saturated carbocycles. The Labute approximate surface area is 167 Å². The molecule has 0 amide bonds. The molecule has 3 atom stereocenters. The average molecular weight is 414 g/mol. The summed E-state index contributed by atoms with van der Waals surface area (Å²) in [4.78, 5) is 2.75. The minimum atomic E-state index is 0. The first-order valence-electron chi connectivity index (χ1n) is 9.87. The molecule has 1 N–H and O–H groups in total. The van der Waals surface area contributed by atoms with E-state index in [4.69, 9.17) is 0 Å². The summed E-state index contributed by atoms with van der Waals surface area (Å²) >= 11 is 0. The predicted molar refractivity (Wildman–Crippen MR) is 111 cm³/mol. The van der Waals surface area contributed by atoms with Crippen LogP contribution in [0.25, 0.3) is 0 Å². The summed E-state index contributed by atoms with van der Waals surface area (Å²) in [6.07, 6.45) is 7.77. The van der Waals surface area contributed by atoms with E-state index >= 15 is 0 Å². The molecule has 1 aliphatic heterocycles. The van der Waals surface area contributed by atoms with E-state index in [0.717, 1.165) is 18.9 Å². The van der Waals surface area contributed by atoms with Crippen molar-refractivity contribution in [2.24, 2.45) is 5.92 Å². The molecule has 5 rings (SSSR count). The Hall–Kier alpha value is -1.32.